The number of benzene rings is 2. The van der Waals surface area contributed by atoms with Gasteiger partial charge >= 0.3 is 0 Å². The largest absolute Gasteiger partial charge is 0.494 e. The number of hydrogen-bond acceptors (Lipinski definition) is 8. The maximum absolute atomic E-state index is 14.2. The average Bonchev–Trinajstić information content (AvgIpc) is 2.73. The van der Waals surface area contributed by atoms with Crippen LogP contribution in [0.25, 0.3) is 0 Å². The third-order valence-electron chi connectivity index (χ3n) is 4.89. The van der Waals surface area contributed by atoms with E-state index in [0.29, 0.717) is 11.3 Å². The van der Waals surface area contributed by atoms with Crippen LogP contribution in [0.5, 0.6) is 5.75 Å². The van der Waals surface area contributed by atoms with Crippen LogP contribution in [0.2, 0.25) is 0 Å². The molecule has 2 aromatic rings. The number of anilines is 1. The van der Waals surface area contributed by atoms with E-state index in [1.165, 1.54) is 31.4 Å². The van der Waals surface area contributed by atoms with E-state index in [1.807, 2.05) is 0 Å². The molecule has 0 amide bonds. The molecule has 1 saturated heterocycles. The number of ether oxygens (including phenoxy) is 3. The van der Waals surface area contributed by atoms with Gasteiger partial charge in [0.25, 0.3) is 0 Å². The van der Waals surface area contributed by atoms with Crippen molar-refractivity contribution >= 4 is 15.5 Å². The smallest absolute Gasteiger partial charge is 0.185 e. The van der Waals surface area contributed by atoms with Crippen molar-refractivity contribution in [3.05, 3.63) is 53.8 Å². The van der Waals surface area contributed by atoms with Crippen molar-refractivity contribution in [1.29, 1.82) is 0 Å². The van der Waals surface area contributed by atoms with Crippen molar-refractivity contribution in [2.75, 3.05) is 38.0 Å². The lowest BCUT2D eigenvalue weighted by Gasteiger charge is -2.34. The van der Waals surface area contributed by atoms with Crippen molar-refractivity contribution in [2.24, 2.45) is 5.73 Å². The van der Waals surface area contributed by atoms with Gasteiger partial charge in [-0.05, 0) is 42.0 Å². The molecule has 2 aromatic carbocycles. The summed E-state index contributed by atoms with van der Waals surface area (Å²) in [6.45, 7) is 0.900. The summed E-state index contributed by atoms with van der Waals surface area (Å²) >= 11 is 0. The fourth-order valence-electron chi connectivity index (χ4n) is 3.26. The van der Waals surface area contributed by atoms with E-state index < -0.39 is 28.0 Å². The van der Waals surface area contributed by atoms with E-state index in [1.54, 1.807) is 23.1 Å². The molecule has 0 aromatic heterocycles. The molecule has 1 fully saturated rings. The van der Waals surface area contributed by atoms with Crippen molar-refractivity contribution in [3.8, 4) is 5.75 Å². The first kappa shape index (κ1) is 23.4. The SMILES string of the molecule is COc1ccc(CN(C[C@H](O)C2OCC(N)CO2)c2ccc(S(C)(=O)=O)cc2)cc1F. The maximum atomic E-state index is 14.2. The second-order valence-electron chi connectivity index (χ2n) is 7.48. The van der Waals surface area contributed by atoms with Crippen LogP contribution in [0.3, 0.4) is 0 Å². The third-order valence-corrected chi connectivity index (χ3v) is 6.02. The van der Waals surface area contributed by atoms with Gasteiger partial charge in [0.15, 0.2) is 27.7 Å². The molecule has 170 valence electrons. The van der Waals surface area contributed by atoms with Crippen molar-refractivity contribution in [2.45, 2.75) is 29.9 Å². The molecule has 0 radical (unpaired) electrons. The number of nitrogens with two attached hydrogens (primary N) is 1. The minimum absolute atomic E-state index is 0.103. The first-order valence-corrected chi connectivity index (χ1v) is 11.6. The number of aliphatic hydroxyl groups is 1. The monoisotopic (exact) mass is 454 g/mol. The van der Waals surface area contributed by atoms with Gasteiger partial charge in [-0.15, -0.1) is 0 Å². The Morgan fingerprint density at radius 1 is 1.23 bits per heavy atom. The van der Waals surface area contributed by atoms with Gasteiger partial charge in [-0.2, -0.15) is 0 Å². The topological polar surface area (TPSA) is 111 Å². The van der Waals surface area contributed by atoms with Gasteiger partial charge in [-0.3, -0.25) is 0 Å². The zero-order chi connectivity index (χ0) is 22.6. The van der Waals surface area contributed by atoms with Crippen molar-refractivity contribution < 1.29 is 32.1 Å². The van der Waals surface area contributed by atoms with E-state index >= 15 is 0 Å². The van der Waals surface area contributed by atoms with Crippen molar-refractivity contribution in [3.63, 3.8) is 0 Å². The van der Waals surface area contributed by atoms with Crippen LogP contribution in [0.15, 0.2) is 47.4 Å². The maximum Gasteiger partial charge on any atom is 0.185 e. The molecule has 0 spiro atoms. The summed E-state index contributed by atoms with van der Waals surface area (Å²) in [6, 6.07) is 10.6. The minimum Gasteiger partial charge on any atom is -0.494 e. The van der Waals surface area contributed by atoms with Gasteiger partial charge < -0.3 is 30.0 Å². The molecule has 1 aliphatic heterocycles. The van der Waals surface area contributed by atoms with Crippen LogP contribution in [-0.2, 0) is 25.9 Å². The summed E-state index contributed by atoms with van der Waals surface area (Å²) < 4.78 is 53.6. The van der Waals surface area contributed by atoms with Gasteiger partial charge in [0.2, 0.25) is 0 Å². The Hall–Kier alpha value is -2.24. The third kappa shape index (κ3) is 6.14. The standard InChI is InChI=1S/C21H27FN2O6S/c1-28-20-8-3-14(9-18(20)22)10-24(11-19(25)21-29-12-15(23)13-30-21)16-4-6-17(7-5-16)31(2,26)27/h3-9,15,19,21,25H,10-13,23H2,1-2H3/t15?,19-,21?/m0/s1. The summed E-state index contributed by atoms with van der Waals surface area (Å²) in [5.41, 5.74) is 7.03. The fraction of sp³-hybridized carbons (Fsp3) is 0.429. The molecule has 1 heterocycles. The van der Waals surface area contributed by atoms with E-state index in [-0.39, 0.29) is 43.0 Å². The lowest BCUT2D eigenvalue weighted by Crippen LogP contribution is -2.49. The zero-order valence-electron chi connectivity index (χ0n) is 17.4. The quantitative estimate of drug-likeness (QED) is 0.614. The molecule has 0 bridgehead atoms. The van der Waals surface area contributed by atoms with Gasteiger partial charge in [0, 0.05) is 25.0 Å². The molecule has 0 saturated carbocycles. The predicted octanol–water partition coefficient (Wildman–Crippen LogP) is 1.31. The van der Waals surface area contributed by atoms with Gasteiger partial charge in [0.1, 0.15) is 6.10 Å². The molecule has 1 aliphatic rings. The number of nitrogens with zero attached hydrogens (tertiary/aromatic N) is 1. The molecule has 31 heavy (non-hydrogen) atoms. The molecular weight excluding hydrogens is 427 g/mol. The summed E-state index contributed by atoms with van der Waals surface area (Å²) in [6.07, 6.45) is -0.720. The van der Waals surface area contributed by atoms with Crippen LogP contribution >= 0.6 is 0 Å². The number of methoxy groups -OCH3 is 1. The van der Waals surface area contributed by atoms with Gasteiger partial charge in [-0.25, -0.2) is 12.8 Å². The molecule has 3 rings (SSSR count). The lowest BCUT2D eigenvalue weighted by molar-refractivity contribution is -0.225. The van der Waals surface area contributed by atoms with Crippen LogP contribution < -0.4 is 15.4 Å². The Morgan fingerprint density at radius 3 is 2.42 bits per heavy atom. The summed E-state index contributed by atoms with van der Waals surface area (Å²) in [5, 5.41) is 10.7. The average molecular weight is 455 g/mol. The molecular formula is C21H27FN2O6S. The van der Waals surface area contributed by atoms with Crippen LogP contribution in [0.4, 0.5) is 10.1 Å². The molecule has 1 atom stereocenters. The Kier molecular flexibility index (Phi) is 7.50. The number of halogens is 1. The molecule has 10 heteroatoms. The first-order valence-electron chi connectivity index (χ1n) is 9.71. The molecule has 0 aliphatic carbocycles. The molecule has 3 N–H and O–H groups in total. The number of sulfone groups is 1. The lowest BCUT2D eigenvalue weighted by atomic mass is 10.1. The minimum atomic E-state index is -3.35. The fourth-order valence-corrected chi connectivity index (χ4v) is 3.89. The summed E-state index contributed by atoms with van der Waals surface area (Å²) in [5.74, 6) is -0.367. The van der Waals surface area contributed by atoms with Gasteiger partial charge in [0.05, 0.1) is 31.3 Å². The Bertz CT molecular complexity index is 978. The van der Waals surface area contributed by atoms with E-state index in [2.05, 4.69) is 0 Å². The van der Waals surface area contributed by atoms with Gasteiger partial charge in [-0.1, -0.05) is 6.07 Å². The number of aliphatic hydroxyl groups excluding tert-OH is 1. The molecule has 8 nitrogen and oxygen atoms in total. The number of hydrogen-bond donors (Lipinski definition) is 2. The highest BCUT2D eigenvalue weighted by atomic mass is 32.2. The summed E-state index contributed by atoms with van der Waals surface area (Å²) in [4.78, 5) is 1.97. The zero-order valence-corrected chi connectivity index (χ0v) is 18.2. The highest BCUT2D eigenvalue weighted by Gasteiger charge is 2.28. The molecule has 0 unspecified atom stereocenters. The van der Waals surface area contributed by atoms with Crippen LogP contribution in [0.1, 0.15) is 5.56 Å². The highest BCUT2D eigenvalue weighted by molar-refractivity contribution is 7.90. The Balaban J connectivity index is 1.83. The second-order valence-corrected chi connectivity index (χ2v) is 9.49. The van der Waals surface area contributed by atoms with Crippen molar-refractivity contribution in [1.82, 2.24) is 0 Å². The van der Waals surface area contributed by atoms with E-state index in [4.69, 9.17) is 19.9 Å². The van der Waals surface area contributed by atoms with Crippen LogP contribution in [0, 0.1) is 5.82 Å². The number of rotatable bonds is 8. The van der Waals surface area contributed by atoms with E-state index in [9.17, 15) is 17.9 Å². The predicted molar refractivity (Wildman–Crippen MR) is 113 cm³/mol. The summed E-state index contributed by atoms with van der Waals surface area (Å²) in [7, 11) is -1.96. The Morgan fingerprint density at radius 2 is 1.87 bits per heavy atom. The highest BCUT2D eigenvalue weighted by Crippen LogP contribution is 2.24. The normalized spacial score (nSPS) is 20.3. The second kappa shape index (κ2) is 9.92. The first-order chi connectivity index (χ1) is 14.7. The van der Waals surface area contributed by atoms with Crippen LogP contribution in [-0.4, -0.2) is 65.1 Å². The Labute approximate surface area is 181 Å². The van der Waals surface area contributed by atoms with E-state index in [0.717, 1.165) is 6.26 Å².